The Balaban J connectivity index is 2.19. The number of nitrogens with zero attached hydrogens (tertiary/aromatic N) is 4. The minimum absolute atomic E-state index is 0.139. The molecule has 0 saturated heterocycles. The van der Waals surface area contributed by atoms with E-state index in [-0.39, 0.29) is 22.8 Å². The summed E-state index contributed by atoms with van der Waals surface area (Å²) in [6.45, 7) is 1.24. The molecule has 2 aromatic carbocycles. The van der Waals surface area contributed by atoms with Gasteiger partial charge >= 0.3 is 5.97 Å². The van der Waals surface area contributed by atoms with Gasteiger partial charge in [0.15, 0.2) is 5.82 Å². The van der Waals surface area contributed by atoms with Crippen LogP contribution in [0.5, 0.6) is 5.75 Å². The molecule has 0 aliphatic carbocycles. The number of nitro benzene ring substituents is 1. The fourth-order valence-electron chi connectivity index (χ4n) is 2.05. The number of esters is 1. The van der Waals surface area contributed by atoms with Crippen molar-refractivity contribution in [2.45, 2.75) is 6.92 Å². The van der Waals surface area contributed by atoms with Crippen LogP contribution >= 0.6 is 0 Å². The van der Waals surface area contributed by atoms with E-state index in [9.17, 15) is 14.9 Å². The van der Waals surface area contributed by atoms with E-state index in [0.29, 0.717) is 11.0 Å². The summed E-state index contributed by atoms with van der Waals surface area (Å²) in [5.74, 6) is -0.266. The van der Waals surface area contributed by atoms with Gasteiger partial charge in [0.2, 0.25) is 0 Å². The number of nitro groups is 1. The molecule has 0 atom stereocenters. The number of ether oxygens (including phenoxy) is 1. The average Bonchev–Trinajstić information content (AvgIpc) is 2.54. The molecule has 0 radical (unpaired) electrons. The second-order valence-electron chi connectivity index (χ2n) is 4.66. The third kappa shape index (κ3) is 2.95. The number of carbonyl (C=O) groups is 1. The van der Waals surface area contributed by atoms with Gasteiger partial charge in [0.25, 0.3) is 5.69 Å². The Morgan fingerprint density at radius 3 is 2.57 bits per heavy atom. The number of aromatic nitrogens is 3. The summed E-state index contributed by atoms with van der Waals surface area (Å²) < 4.78 is 5.08. The number of rotatable bonds is 3. The Morgan fingerprint density at radius 2 is 1.87 bits per heavy atom. The van der Waals surface area contributed by atoms with Crippen LogP contribution in [0.4, 0.5) is 5.69 Å². The zero-order chi connectivity index (χ0) is 16.4. The van der Waals surface area contributed by atoms with E-state index in [4.69, 9.17) is 4.74 Å². The maximum Gasteiger partial charge on any atom is 0.308 e. The highest BCUT2D eigenvalue weighted by molar-refractivity contribution is 5.79. The molecule has 0 unspecified atom stereocenters. The van der Waals surface area contributed by atoms with Gasteiger partial charge in [-0.15, -0.1) is 10.2 Å². The number of carbonyl (C=O) groups excluding carboxylic acids is 1. The number of fused-ring (bicyclic) bond motifs is 1. The van der Waals surface area contributed by atoms with E-state index in [1.807, 2.05) is 0 Å². The first-order valence-electron chi connectivity index (χ1n) is 6.61. The zero-order valence-electron chi connectivity index (χ0n) is 12.0. The van der Waals surface area contributed by atoms with Crippen LogP contribution in [-0.2, 0) is 4.79 Å². The molecule has 1 heterocycles. The van der Waals surface area contributed by atoms with E-state index in [1.54, 1.807) is 24.3 Å². The van der Waals surface area contributed by atoms with Crippen LogP contribution in [0.25, 0.3) is 22.4 Å². The van der Waals surface area contributed by atoms with Gasteiger partial charge in [0.05, 0.1) is 16.0 Å². The smallest absolute Gasteiger partial charge is 0.308 e. The fourth-order valence-corrected chi connectivity index (χ4v) is 2.05. The molecular weight excluding hydrogens is 300 g/mol. The van der Waals surface area contributed by atoms with Crippen LogP contribution in [0, 0.1) is 10.1 Å². The van der Waals surface area contributed by atoms with Crippen LogP contribution in [0.15, 0.2) is 42.5 Å². The van der Waals surface area contributed by atoms with Gasteiger partial charge in [-0.25, -0.2) is 4.98 Å². The number of hydrogen-bond donors (Lipinski definition) is 0. The first-order valence-corrected chi connectivity index (χ1v) is 6.61. The van der Waals surface area contributed by atoms with Gasteiger partial charge < -0.3 is 4.74 Å². The van der Waals surface area contributed by atoms with E-state index in [2.05, 4.69) is 15.2 Å². The molecular formula is C15H10N4O4. The highest BCUT2D eigenvalue weighted by Crippen LogP contribution is 2.31. The SMILES string of the molecule is CC(=O)Oc1ccc([N+](=O)[O-])cc1-c1nnc2ccccc2n1. The Labute approximate surface area is 129 Å². The maximum absolute atomic E-state index is 11.2. The van der Waals surface area contributed by atoms with Crippen LogP contribution in [0.2, 0.25) is 0 Å². The summed E-state index contributed by atoms with van der Waals surface area (Å²) in [5, 5.41) is 19.0. The van der Waals surface area contributed by atoms with E-state index in [0.717, 1.165) is 0 Å². The highest BCUT2D eigenvalue weighted by atomic mass is 16.6. The average molecular weight is 310 g/mol. The van der Waals surface area contributed by atoms with Gasteiger partial charge in [-0.3, -0.25) is 14.9 Å². The second-order valence-corrected chi connectivity index (χ2v) is 4.66. The van der Waals surface area contributed by atoms with Crippen LogP contribution in [0.1, 0.15) is 6.92 Å². The van der Waals surface area contributed by atoms with Crippen molar-refractivity contribution in [3.63, 3.8) is 0 Å². The minimum atomic E-state index is -0.547. The standard InChI is InChI=1S/C15H10N4O4/c1-9(20)23-14-7-6-10(19(21)22)8-11(14)15-16-12-4-2-3-5-13(12)17-18-15/h2-8H,1H3. The molecule has 8 nitrogen and oxygen atoms in total. The van der Waals surface area contributed by atoms with Crippen molar-refractivity contribution in [3.05, 3.63) is 52.6 Å². The highest BCUT2D eigenvalue weighted by Gasteiger charge is 2.17. The van der Waals surface area contributed by atoms with E-state index < -0.39 is 10.9 Å². The lowest BCUT2D eigenvalue weighted by atomic mass is 10.1. The van der Waals surface area contributed by atoms with Crippen LogP contribution < -0.4 is 4.74 Å². The van der Waals surface area contributed by atoms with Crippen LogP contribution in [-0.4, -0.2) is 26.1 Å². The molecule has 8 heteroatoms. The normalized spacial score (nSPS) is 10.5. The lowest BCUT2D eigenvalue weighted by Gasteiger charge is -2.07. The summed E-state index contributed by atoms with van der Waals surface area (Å²) in [7, 11) is 0. The van der Waals surface area contributed by atoms with Crippen molar-refractivity contribution in [1.29, 1.82) is 0 Å². The molecule has 0 aliphatic rings. The second kappa shape index (κ2) is 5.76. The van der Waals surface area contributed by atoms with Crippen molar-refractivity contribution in [2.75, 3.05) is 0 Å². The Bertz CT molecular complexity index is 926. The fraction of sp³-hybridized carbons (Fsp3) is 0.0667. The Kier molecular flexibility index (Phi) is 3.63. The minimum Gasteiger partial charge on any atom is -0.426 e. The van der Waals surface area contributed by atoms with E-state index in [1.165, 1.54) is 25.1 Å². The predicted molar refractivity (Wildman–Crippen MR) is 80.7 cm³/mol. The first kappa shape index (κ1) is 14.5. The summed E-state index contributed by atoms with van der Waals surface area (Å²) in [6.07, 6.45) is 0. The van der Waals surface area contributed by atoms with Gasteiger partial charge in [0, 0.05) is 19.1 Å². The molecule has 114 valence electrons. The van der Waals surface area contributed by atoms with Gasteiger partial charge in [-0.2, -0.15) is 0 Å². The molecule has 3 rings (SSSR count). The monoisotopic (exact) mass is 310 g/mol. The van der Waals surface area contributed by atoms with E-state index >= 15 is 0 Å². The van der Waals surface area contributed by atoms with Crippen molar-refractivity contribution in [2.24, 2.45) is 0 Å². The summed E-state index contributed by atoms with van der Waals surface area (Å²) in [6, 6.07) is 10.9. The molecule has 0 spiro atoms. The third-order valence-corrected chi connectivity index (χ3v) is 3.03. The first-order chi connectivity index (χ1) is 11.0. The maximum atomic E-state index is 11.2. The Hall–Kier alpha value is -3.42. The molecule has 0 fully saturated rings. The predicted octanol–water partition coefficient (Wildman–Crippen LogP) is 2.53. The number of para-hydroxylation sites is 1. The number of non-ortho nitro benzene ring substituents is 1. The van der Waals surface area contributed by atoms with Crippen molar-refractivity contribution in [3.8, 4) is 17.1 Å². The molecule has 0 saturated carbocycles. The zero-order valence-corrected chi connectivity index (χ0v) is 12.0. The Morgan fingerprint density at radius 1 is 1.13 bits per heavy atom. The molecule has 0 N–H and O–H groups in total. The quantitative estimate of drug-likeness (QED) is 0.316. The summed E-state index contributed by atoms with van der Waals surface area (Å²) in [4.78, 5) is 26.0. The van der Waals surface area contributed by atoms with Gasteiger partial charge in [-0.1, -0.05) is 12.1 Å². The summed E-state index contributed by atoms with van der Waals surface area (Å²) in [5.41, 5.74) is 1.24. The molecule has 0 bridgehead atoms. The lowest BCUT2D eigenvalue weighted by Crippen LogP contribution is -2.04. The molecule has 1 aromatic heterocycles. The number of hydrogen-bond acceptors (Lipinski definition) is 7. The molecule has 3 aromatic rings. The molecule has 0 amide bonds. The third-order valence-electron chi connectivity index (χ3n) is 3.03. The van der Waals surface area contributed by atoms with Gasteiger partial charge in [-0.05, 0) is 18.2 Å². The topological polar surface area (TPSA) is 108 Å². The van der Waals surface area contributed by atoms with Crippen molar-refractivity contribution < 1.29 is 14.5 Å². The molecule has 23 heavy (non-hydrogen) atoms. The van der Waals surface area contributed by atoms with Crippen molar-refractivity contribution in [1.82, 2.24) is 15.2 Å². The molecule has 0 aliphatic heterocycles. The lowest BCUT2D eigenvalue weighted by molar-refractivity contribution is -0.384. The van der Waals surface area contributed by atoms with Crippen molar-refractivity contribution >= 4 is 22.7 Å². The number of benzene rings is 2. The van der Waals surface area contributed by atoms with Crippen LogP contribution in [0.3, 0.4) is 0 Å². The largest absolute Gasteiger partial charge is 0.426 e. The van der Waals surface area contributed by atoms with Gasteiger partial charge in [0.1, 0.15) is 11.3 Å². The summed E-state index contributed by atoms with van der Waals surface area (Å²) >= 11 is 0.